The number of aliphatic carboxylic acids is 1. The third kappa shape index (κ3) is 2.53. The maximum Gasteiger partial charge on any atom is 0.307 e. The third-order valence-electron chi connectivity index (χ3n) is 2.31. The van der Waals surface area contributed by atoms with Crippen molar-refractivity contribution in [3.8, 4) is 11.5 Å². The van der Waals surface area contributed by atoms with Gasteiger partial charge in [0, 0.05) is 11.6 Å². The molecule has 0 fully saturated rings. The number of phenolic OH excluding ortho intramolecular Hbond substituents is 2. The van der Waals surface area contributed by atoms with E-state index in [0.29, 0.717) is 16.7 Å². The molecule has 0 aliphatic heterocycles. The number of carboxylic acid groups (broad SMARTS) is 1. The second kappa shape index (κ2) is 4.70. The standard InChI is InChI=1S/C12H14O4/c1-3-8(5-11(15)16)12-7(2)4-9(13)6-10(12)14/h3-4,6,13-14H,5H2,1-2H3,(H,15,16)/b8-3-. The van der Waals surface area contributed by atoms with E-state index in [0.717, 1.165) is 0 Å². The van der Waals surface area contributed by atoms with Crippen molar-refractivity contribution >= 4 is 11.5 Å². The lowest BCUT2D eigenvalue weighted by atomic mass is 9.96. The first-order valence-corrected chi connectivity index (χ1v) is 4.85. The molecule has 0 unspecified atom stereocenters. The van der Waals surface area contributed by atoms with Gasteiger partial charge in [0.1, 0.15) is 11.5 Å². The summed E-state index contributed by atoms with van der Waals surface area (Å²) >= 11 is 0. The molecule has 4 heteroatoms. The summed E-state index contributed by atoms with van der Waals surface area (Å²) in [5.41, 5.74) is 1.65. The number of allylic oxidation sites excluding steroid dienone is 1. The molecule has 1 aromatic carbocycles. The number of carbonyl (C=O) groups is 1. The summed E-state index contributed by atoms with van der Waals surface area (Å²) in [6, 6.07) is 2.69. The van der Waals surface area contributed by atoms with Crippen molar-refractivity contribution in [2.75, 3.05) is 0 Å². The van der Waals surface area contributed by atoms with E-state index in [1.807, 2.05) is 0 Å². The Morgan fingerprint density at radius 1 is 1.38 bits per heavy atom. The summed E-state index contributed by atoms with van der Waals surface area (Å²) in [7, 11) is 0. The Hall–Kier alpha value is -1.97. The van der Waals surface area contributed by atoms with Crippen LogP contribution in [-0.2, 0) is 4.79 Å². The Balaban J connectivity index is 3.26. The van der Waals surface area contributed by atoms with Crippen LogP contribution in [-0.4, -0.2) is 21.3 Å². The fraction of sp³-hybridized carbons (Fsp3) is 0.250. The number of aryl methyl sites for hydroxylation is 1. The highest BCUT2D eigenvalue weighted by molar-refractivity contribution is 5.86. The Morgan fingerprint density at radius 2 is 2.00 bits per heavy atom. The minimum atomic E-state index is -0.958. The molecule has 0 saturated carbocycles. The minimum absolute atomic E-state index is 0.0375. The molecule has 86 valence electrons. The van der Waals surface area contributed by atoms with Crippen LogP contribution < -0.4 is 0 Å². The zero-order valence-electron chi connectivity index (χ0n) is 9.19. The SMILES string of the molecule is C/C=C(/CC(=O)O)c1c(C)cc(O)cc1O. The average Bonchev–Trinajstić information content (AvgIpc) is 2.13. The van der Waals surface area contributed by atoms with Gasteiger partial charge >= 0.3 is 5.97 Å². The maximum atomic E-state index is 10.7. The lowest BCUT2D eigenvalue weighted by Gasteiger charge is -2.11. The second-order valence-electron chi connectivity index (χ2n) is 3.54. The van der Waals surface area contributed by atoms with Crippen molar-refractivity contribution < 1.29 is 20.1 Å². The van der Waals surface area contributed by atoms with Crippen LogP contribution in [0.1, 0.15) is 24.5 Å². The van der Waals surface area contributed by atoms with Gasteiger partial charge in [0.2, 0.25) is 0 Å². The molecule has 0 bridgehead atoms. The minimum Gasteiger partial charge on any atom is -0.508 e. The van der Waals surface area contributed by atoms with Gasteiger partial charge in [0.05, 0.1) is 6.42 Å². The maximum absolute atomic E-state index is 10.7. The first-order valence-electron chi connectivity index (χ1n) is 4.85. The highest BCUT2D eigenvalue weighted by atomic mass is 16.4. The molecule has 0 saturated heterocycles. The molecular weight excluding hydrogens is 208 g/mol. The van der Waals surface area contributed by atoms with Crippen molar-refractivity contribution in [1.29, 1.82) is 0 Å². The van der Waals surface area contributed by atoms with Gasteiger partial charge < -0.3 is 15.3 Å². The third-order valence-corrected chi connectivity index (χ3v) is 2.31. The molecule has 1 aromatic rings. The number of benzene rings is 1. The molecule has 3 N–H and O–H groups in total. The quantitative estimate of drug-likeness (QED) is 0.733. The fourth-order valence-electron chi connectivity index (χ4n) is 1.67. The summed E-state index contributed by atoms with van der Waals surface area (Å²) in [6.07, 6.45) is 1.49. The molecule has 0 aliphatic rings. The Morgan fingerprint density at radius 3 is 2.44 bits per heavy atom. The first kappa shape index (κ1) is 12.1. The van der Waals surface area contributed by atoms with Crippen LogP contribution in [0.25, 0.3) is 5.57 Å². The van der Waals surface area contributed by atoms with Crippen LogP contribution in [0.15, 0.2) is 18.2 Å². The largest absolute Gasteiger partial charge is 0.508 e. The van der Waals surface area contributed by atoms with Crippen LogP contribution in [0.2, 0.25) is 0 Å². The molecule has 1 rings (SSSR count). The second-order valence-corrected chi connectivity index (χ2v) is 3.54. The fourth-order valence-corrected chi connectivity index (χ4v) is 1.67. The van der Waals surface area contributed by atoms with Crippen LogP contribution in [0, 0.1) is 6.92 Å². The zero-order chi connectivity index (χ0) is 12.3. The van der Waals surface area contributed by atoms with Gasteiger partial charge in [-0.2, -0.15) is 0 Å². The highest BCUT2D eigenvalue weighted by Crippen LogP contribution is 2.33. The van der Waals surface area contributed by atoms with Crippen LogP contribution >= 0.6 is 0 Å². The average molecular weight is 222 g/mol. The number of hydrogen-bond donors (Lipinski definition) is 3. The molecule has 16 heavy (non-hydrogen) atoms. The molecule has 0 radical (unpaired) electrons. The molecule has 0 amide bonds. The number of hydrogen-bond acceptors (Lipinski definition) is 3. The van der Waals surface area contributed by atoms with Gasteiger partial charge in [-0.3, -0.25) is 4.79 Å². The van der Waals surface area contributed by atoms with Gasteiger partial charge in [0.25, 0.3) is 0 Å². The lowest BCUT2D eigenvalue weighted by molar-refractivity contribution is -0.135. The summed E-state index contributed by atoms with van der Waals surface area (Å²) in [5, 5.41) is 27.7. The summed E-state index contributed by atoms with van der Waals surface area (Å²) in [6.45, 7) is 3.42. The van der Waals surface area contributed by atoms with Crippen molar-refractivity contribution in [2.24, 2.45) is 0 Å². The molecule has 0 aliphatic carbocycles. The Labute approximate surface area is 93.5 Å². The van der Waals surface area contributed by atoms with Crippen molar-refractivity contribution in [3.05, 3.63) is 29.3 Å². The molecule has 0 spiro atoms. The van der Waals surface area contributed by atoms with E-state index in [4.69, 9.17) is 5.11 Å². The van der Waals surface area contributed by atoms with Gasteiger partial charge in [-0.25, -0.2) is 0 Å². The smallest absolute Gasteiger partial charge is 0.307 e. The van der Waals surface area contributed by atoms with E-state index >= 15 is 0 Å². The number of aromatic hydroxyl groups is 2. The summed E-state index contributed by atoms with van der Waals surface area (Å²) in [4.78, 5) is 10.7. The lowest BCUT2D eigenvalue weighted by Crippen LogP contribution is -1.99. The van der Waals surface area contributed by atoms with Gasteiger partial charge in [0.15, 0.2) is 0 Å². The number of phenols is 2. The van der Waals surface area contributed by atoms with Gasteiger partial charge in [-0.15, -0.1) is 0 Å². The molecule has 0 atom stereocenters. The van der Waals surface area contributed by atoms with Crippen molar-refractivity contribution in [3.63, 3.8) is 0 Å². The number of rotatable bonds is 3. The van der Waals surface area contributed by atoms with E-state index < -0.39 is 5.97 Å². The first-order chi connectivity index (χ1) is 7.45. The zero-order valence-corrected chi connectivity index (χ0v) is 9.19. The van der Waals surface area contributed by atoms with E-state index in [1.54, 1.807) is 19.9 Å². The highest BCUT2D eigenvalue weighted by Gasteiger charge is 2.14. The van der Waals surface area contributed by atoms with Crippen molar-refractivity contribution in [1.82, 2.24) is 0 Å². The van der Waals surface area contributed by atoms with Gasteiger partial charge in [-0.1, -0.05) is 6.08 Å². The predicted octanol–water partition coefficient (Wildman–Crippen LogP) is 2.28. The molecule has 0 heterocycles. The van der Waals surface area contributed by atoms with Crippen LogP contribution in [0.3, 0.4) is 0 Å². The summed E-state index contributed by atoms with van der Waals surface area (Å²) in [5.74, 6) is -1.10. The molecular formula is C12H14O4. The van der Waals surface area contributed by atoms with E-state index in [9.17, 15) is 15.0 Å². The van der Waals surface area contributed by atoms with E-state index in [2.05, 4.69) is 0 Å². The topological polar surface area (TPSA) is 77.8 Å². The van der Waals surface area contributed by atoms with Gasteiger partial charge in [-0.05, 0) is 31.1 Å². The summed E-state index contributed by atoms with van der Waals surface area (Å²) < 4.78 is 0. The van der Waals surface area contributed by atoms with Crippen molar-refractivity contribution in [2.45, 2.75) is 20.3 Å². The predicted molar refractivity (Wildman–Crippen MR) is 60.4 cm³/mol. The Bertz CT molecular complexity index is 423. The van der Waals surface area contributed by atoms with Crippen LogP contribution in [0.5, 0.6) is 11.5 Å². The van der Waals surface area contributed by atoms with Crippen LogP contribution in [0.4, 0.5) is 0 Å². The molecule has 0 aromatic heterocycles. The number of carboxylic acids is 1. The normalized spacial score (nSPS) is 11.5. The van der Waals surface area contributed by atoms with E-state index in [1.165, 1.54) is 12.1 Å². The van der Waals surface area contributed by atoms with E-state index in [-0.39, 0.29) is 17.9 Å². The molecule has 4 nitrogen and oxygen atoms in total. The monoisotopic (exact) mass is 222 g/mol. The Kier molecular flexibility index (Phi) is 3.55.